The molecule has 0 spiro atoms. The summed E-state index contributed by atoms with van der Waals surface area (Å²) in [5.74, 6) is 1.02. The van der Waals surface area contributed by atoms with Crippen molar-refractivity contribution in [2.75, 3.05) is 27.7 Å². The standard InChI is InChI=1S/C10H22N.BrH/c1-11(2,3)9-10-7-5-4-6-8-10;/h10H,4-9H2,1-3H3;1H/q+1;/p-1. The Kier molecular flexibility index (Phi) is 5.42. The highest BCUT2D eigenvalue weighted by atomic mass is 79.9. The van der Waals surface area contributed by atoms with Crippen LogP contribution < -0.4 is 17.0 Å². The summed E-state index contributed by atoms with van der Waals surface area (Å²) < 4.78 is 1.14. The Morgan fingerprint density at radius 2 is 1.50 bits per heavy atom. The smallest absolute Gasteiger partial charge is 0.0809 e. The Bertz CT molecular complexity index is 111. The lowest BCUT2D eigenvalue weighted by Gasteiger charge is -2.31. The zero-order chi connectivity index (χ0) is 8.32. The highest BCUT2D eigenvalue weighted by Crippen LogP contribution is 2.24. The van der Waals surface area contributed by atoms with Crippen molar-refractivity contribution in [3.8, 4) is 0 Å². The largest absolute Gasteiger partial charge is 1.00 e. The van der Waals surface area contributed by atoms with Crippen molar-refractivity contribution in [3.63, 3.8) is 0 Å². The minimum absolute atomic E-state index is 0. The van der Waals surface area contributed by atoms with Gasteiger partial charge in [-0.25, -0.2) is 0 Å². The predicted octanol–water partition coefficient (Wildman–Crippen LogP) is -0.723. The van der Waals surface area contributed by atoms with Gasteiger partial charge in [0.2, 0.25) is 0 Å². The SMILES string of the molecule is C[N+](C)(C)CC1CCCCC1.[Br-]. The first-order chi connectivity index (χ1) is 5.08. The van der Waals surface area contributed by atoms with Crippen molar-refractivity contribution in [3.05, 3.63) is 0 Å². The first-order valence-corrected chi connectivity index (χ1v) is 4.88. The molecular weight excluding hydrogens is 214 g/mol. The fraction of sp³-hybridized carbons (Fsp3) is 1.00. The number of halogens is 1. The van der Waals surface area contributed by atoms with Gasteiger partial charge in [-0.15, -0.1) is 0 Å². The maximum Gasteiger partial charge on any atom is 0.0809 e. The molecule has 0 amide bonds. The predicted molar refractivity (Wildman–Crippen MR) is 49.5 cm³/mol. The molecule has 0 bridgehead atoms. The van der Waals surface area contributed by atoms with E-state index >= 15 is 0 Å². The van der Waals surface area contributed by atoms with E-state index in [2.05, 4.69) is 21.1 Å². The summed E-state index contributed by atoms with van der Waals surface area (Å²) in [5.41, 5.74) is 0. The first-order valence-electron chi connectivity index (χ1n) is 4.88. The summed E-state index contributed by atoms with van der Waals surface area (Å²) in [6, 6.07) is 0. The van der Waals surface area contributed by atoms with Crippen LogP contribution in [0.1, 0.15) is 32.1 Å². The lowest BCUT2D eigenvalue weighted by Crippen LogP contribution is -3.00. The number of hydrogen-bond donors (Lipinski definition) is 0. The highest BCUT2D eigenvalue weighted by Gasteiger charge is 2.19. The van der Waals surface area contributed by atoms with Crippen LogP contribution in [0.25, 0.3) is 0 Å². The lowest BCUT2D eigenvalue weighted by molar-refractivity contribution is -0.874. The molecule has 0 heterocycles. The van der Waals surface area contributed by atoms with Gasteiger partial charge in [-0.3, -0.25) is 0 Å². The lowest BCUT2D eigenvalue weighted by atomic mass is 9.89. The molecule has 0 saturated heterocycles. The highest BCUT2D eigenvalue weighted by molar-refractivity contribution is 4.64. The molecule has 1 saturated carbocycles. The van der Waals surface area contributed by atoms with Crippen LogP contribution in [0.4, 0.5) is 0 Å². The summed E-state index contributed by atoms with van der Waals surface area (Å²) in [6.07, 6.45) is 7.40. The van der Waals surface area contributed by atoms with Crippen LogP contribution in [-0.4, -0.2) is 32.2 Å². The van der Waals surface area contributed by atoms with Gasteiger partial charge in [0.25, 0.3) is 0 Å². The van der Waals surface area contributed by atoms with E-state index in [4.69, 9.17) is 0 Å². The molecule has 2 heteroatoms. The van der Waals surface area contributed by atoms with Gasteiger partial charge in [0.1, 0.15) is 0 Å². The van der Waals surface area contributed by atoms with Crippen molar-refractivity contribution in [2.24, 2.45) is 5.92 Å². The molecule has 1 aliphatic rings. The molecule has 0 atom stereocenters. The maximum absolute atomic E-state index is 2.30. The molecule has 0 aromatic heterocycles. The Morgan fingerprint density at radius 3 is 1.92 bits per heavy atom. The summed E-state index contributed by atoms with van der Waals surface area (Å²) in [6.45, 7) is 1.38. The van der Waals surface area contributed by atoms with E-state index in [1.54, 1.807) is 0 Å². The van der Waals surface area contributed by atoms with E-state index < -0.39 is 0 Å². The van der Waals surface area contributed by atoms with Gasteiger partial charge in [0.05, 0.1) is 27.7 Å². The molecule has 0 radical (unpaired) electrons. The van der Waals surface area contributed by atoms with Crippen molar-refractivity contribution >= 4 is 0 Å². The zero-order valence-corrected chi connectivity index (χ0v) is 10.2. The Labute approximate surface area is 87.5 Å². The second-order valence-corrected chi connectivity index (χ2v) is 4.98. The van der Waals surface area contributed by atoms with E-state index in [0.29, 0.717) is 0 Å². The molecule has 0 unspecified atom stereocenters. The molecule has 0 aromatic rings. The van der Waals surface area contributed by atoms with Gasteiger partial charge in [0.15, 0.2) is 0 Å². The quantitative estimate of drug-likeness (QED) is 0.555. The Hall–Kier alpha value is 0.440. The van der Waals surface area contributed by atoms with Crippen LogP contribution in [0.2, 0.25) is 0 Å². The zero-order valence-electron chi connectivity index (χ0n) is 8.65. The van der Waals surface area contributed by atoms with Crippen LogP contribution in [0.15, 0.2) is 0 Å². The number of quaternary nitrogens is 1. The van der Waals surface area contributed by atoms with Crippen LogP contribution in [0, 0.1) is 5.92 Å². The number of rotatable bonds is 2. The first kappa shape index (κ1) is 12.4. The molecule has 0 aromatic carbocycles. The van der Waals surface area contributed by atoms with Gasteiger partial charge in [0, 0.05) is 5.92 Å². The molecule has 1 aliphatic carbocycles. The van der Waals surface area contributed by atoms with Crippen molar-refractivity contribution < 1.29 is 21.5 Å². The van der Waals surface area contributed by atoms with Gasteiger partial charge >= 0.3 is 0 Å². The third-order valence-corrected chi connectivity index (χ3v) is 2.53. The van der Waals surface area contributed by atoms with E-state index in [-0.39, 0.29) is 17.0 Å². The topological polar surface area (TPSA) is 0 Å². The van der Waals surface area contributed by atoms with Crippen molar-refractivity contribution in [1.82, 2.24) is 0 Å². The van der Waals surface area contributed by atoms with Crippen LogP contribution in [0.5, 0.6) is 0 Å². The molecule has 0 aliphatic heterocycles. The molecular formula is C10H22BrN. The van der Waals surface area contributed by atoms with E-state index in [9.17, 15) is 0 Å². The summed E-state index contributed by atoms with van der Waals surface area (Å²) in [4.78, 5) is 0. The van der Waals surface area contributed by atoms with Crippen molar-refractivity contribution in [1.29, 1.82) is 0 Å². The average Bonchev–Trinajstić information content (AvgIpc) is 1.85. The van der Waals surface area contributed by atoms with E-state index in [1.165, 1.54) is 38.6 Å². The molecule has 74 valence electrons. The summed E-state index contributed by atoms with van der Waals surface area (Å²) >= 11 is 0. The second-order valence-electron chi connectivity index (χ2n) is 4.98. The fourth-order valence-electron chi connectivity index (χ4n) is 2.14. The van der Waals surface area contributed by atoms with Gasteiger partial charge < -0.3 is 21.5 Å². The third kappa shape index (κ3) is 5.15. The Balaban J connectivity index is 0.00000121. The Morgan fingerprint density at radius 1 is 1.00 bits per heavy atom. The minimum Gasteiger partial charge on any atom is -1.00 e. The van der Waals surface area contributed by atoms with Crippen molar-refractivity contribution in [2.45, 2.75) is 32.1 Å². The van der Waals surface area contributed by atoms with Gasteiger partial charge in [-0.1, -0.05) is 19.3 Å². The van der Waals surface area contributed by atoms with E-state index in [1.807, 2.05) is 0 Å². The molecule has 1 rings (SSSR count). The van der Waals surface area contributed by atoms with Gasteiger partial charge in [-0.2, -0.15) is 0 Å². The molecule has 1 fully saturated rings. The monoisotopic (exact) mass is 235 g/mol. The molecule has 12 heavy (non-hydrogen) atoms. The number of nitrogens with zero attached hydrogens (tertiary/aromatic N) is 1. The molecule has 0 N–H and O–H groups in total. The van der Waals surface area contributed by atoms with Crippen LogP contribution in [0.3, 0.4) is 0 Å². The van der Waals surface area contributed by atoms with Crippen LogP contribution in [-0.2, 0) is 0 Å². The normalized spacial score (nSPS) is 20.2. The second kappa shape index (κ2) is 5.23. The number of hydrogen-bond acceptors (Lipinski definition) is 0. The minimum atomic E-state index is 0. The summed E-state index contributed by atoms with van der Waals surface area (Å²) in [7, 11) is 6.90. The maximum atomic E-state index is 2.30. The average molecular weight is 236 g/mol. The van der Waals surface area contributed by atoms with Gasteiger partial charge in [-0.05, 0) is 12.8 Å². The molecule has 1 nitrogen and oxygen atoms in total. The summed E-state index contributed by atoms with van der Waals surface area (Å²) in [5, 5.41) is 0. The van der Waals surface area contributed by atoms with Crippen LogP contribution >= 0.6 is 0 Å². The van der Waals surface area contributed by atoms with E-state index in [0.717, 1.165) is 10.4 Å². The third-order valence-electron chi connectivity index (χ3n) is 2.53. The fourth-order valence-corrected chi connectivity index (χ4v) is 2.14.